The number of rotatable bonds is 3. The standard InChI is InChI=1S/C16H18N4O2/c1-8-3-4-10(9(2)5-8)12(7-21)11-6-18-14-13(11)19-16(17)20-15(14)22/h3-6,12,18,21H,7H2,1-2H3,(H3,17,19,20,22). The molecule has 0 fully saturated rings. The third-order valence-electron chi connectivity index (χ3n) is 3.94. The van der Waals surface area contributed by atoms with Crippen molar-refractivity contribution < 1.29 is 5.11 Å². The van der Waals surface area contributed by atoms with Gasteiger partial charge in [-0.25, -0.2) is 4.98 Å². The zero-order valence-corrected chi connectivity index (χ0v) is 12.5. The van der Waals surface area contributed by atoms with E-state index in [-0.39, 0.29) is 24.0 Å². The summed E-state index contributed by atoms with van der Waals surface area (Å²) in [7, 11) is 0. The highest BCUT2D eigenvalue weighted by Crippen LogP contribution is 2.31. The molecule has 3 rings (SSSR count). The van der Waals surface area contributed by atoms with Crippen molar-refractivity contribution in [2.75, 3.05) is 12.3 Å². The van der Waals surface area contributed by atoms with Gasteiger partial charge in [0, 0.05) is 17.7 Å². The Bertz CT molecular complexity index is 895. The molecule has 0 spiro atoms. The number of fused-ring (bicyclic) bond motifs is 1. The fourth-order valence-corrected chi connectivity index (χ4v) is 2.90. The number of hydrogen-bond acceptors (Lipinski definition) is 4. The normalized spacial score (nSPS) is 12.7. The molecule has 0 saturated carbocycles. The minimum atomic E-state index is -0.314. The second kappa shape index (κ2) is 5.31. The molecule has 6 nitrogen and oxygen atoms in total. The molecule has 3 aromatic rings. The van der Waals surface area contributed by atoms with E-state index >= 15 is 0 Å². The zero-order chi connectivity index (χ0) is 15.9. The van der Waals surface area contributed by atoms with Crippen molar-refractivity contribution in [1.82, 2.24) is 15.0 Å². The molecule has 1 aromatic carbocycles. The Labute approximate surface area is 127 Å². The van der Waals surface area contributed by atoms with Crippen LogP contribution in [0.3, 0.4) is 0 Å². The summed E-state index contributed by atoms with van der Waals surface area (Å²) in [4.78, 5) is 21.5. The number of nitrogens with zero attached hydrogens (tertiary/aromatic N) is 1. The molecule has 0 radical (unpaired) electrons. The van der Waals surface area contributed by atoms with Gasteiger partial charge in [-0.05, 0) is 25.0 Å². The van der Waals surface area contributed by atoms with Gasteiger partial charge >= 0.3 is 0 Å². The number of aliphatic hydroxyl groups excluding tert-OH is 1. The van der Waals surface area contributed by atoms with Crippen LogP contribution in [0, 0.1) is 13.8 Å². The largest absolute Gasteiger partial charge is 0.395 e. The van der Waals surface area contributed by atoms with Crippen molar-refractivity contribution in [2.45, 2.75) is 19.8 Å². The Morgan fingerprint density at radius 1 is 1.32 bits per heavy atom. The number of nitrogens with one attached hydrogen (secondary N) is 2. The number of aliphatic hydroxyl groups is 1. The van der Waals surface area contributed by atoms with Gasteiger partial charge < -0.3 is 15.8 Å². The first-order chi connectivity index (χ1) is 10.5. The topological polar surface area (TPSA) is 108 Å². The fraction of sp³-hybridized carbons (Fsp3) is 0.250. The molecule has 0 amide bonds. The average molecular weight is 298 g/mol. The Morgan fingerprint density at radius 3 is 2.77 bits per heavy atom. The van der Waals surface area contributed by atoms with Crippen LogP contribution in [0.15, 0.2) is 29.2 Å². The molecule has 5 N–H and O–H groups in total. The number of nitrogen functional groups attached to an aromatic ring is 1. The van der Waals surface area contributed by atoms with Crippen molar-refractivity contribution in [3.63, 3.8) is 0 Å². The van der Waals surface area contributed by atoms with Crippen LogP contribution in [-0.2, 0) is 0 Å². The summed E-state index contributed by atoms with van der Waals surface area (Å²) in [5, 5.41) is 9.88. The van der Waals surface area contributed by atoms with Gasteiger partial charge in [0.25, 0.3) is 5.56 Å². The van der Waals surface area contributed by atoms with Gasteiger partial charge in [-0.2, -0.15) is 0 Å². The number of benzene rings is 1. The lowest BCUT2D eigenvalue weighted by molar-refractivity contribution is 0.281. The van der Waals surface area contributed by atoms with Crippen molar-refractivity contribution in [3.05, 3.63) is 57.0 Å². The van der Waals surface area contributed by atoms with E-state index in [2.05, 4.69) is 21.0 Å². The summed E-state index contributed by atoms with van der Waals surface area (Å²) in [6.45, 7) is 3.96. The maximum atomic E-state index is 11.9. The van der Waals surface area contributed by atoms with Crippen LogP contribution < -0.4 is 11.3 Å². The second-order valence-corrected chi connectivity index (χ2v) is 5.51. The number of aryl methyl sites for hydroxylation is 2. The summed E-state index contributed by atoms with van der Waals surface area (Å²) in [6, 6.07) is 6.08. The average Bonchev–Trinajstić information content (AvgIpc) is 2.86. The Morgan fingerprint density at radius 2 is 2.09 bits per heavy atom. The van der Waals surface area contributed by atoms with E-state index in [9.17, 15) is 9.90 Å². The first-order valence-electron chi connectivity index (χ1n) is 7.06. The van der Waals surface area contributed by atoms with E-state index in [0.29, 0.717) is 11.0 Å². The first-order valence-corrected chi connectivity index (χ1v) is 7.06. The molecule has 0 aliphatic carbocycles. The summed E-state index contributed by atoms with van der Waals surface area (Å²) in [5.74, 6) is -0.196. The second-order valence-electron chi connectivity index (χ2n) is 5.51. The molecule has 22 heavy (non-hydrogen) atoms. The number of aromatic nitrogens is 3. The van der Waals surface area contributed by atoms with Crippen LogP contribution >= 0.6 is 0 Å². The van der Waals surface area contributed by atoms with Crippen LogP contribution in [0.1, 0.15) is 28.2 Å². The molecule has 0 bridgehead atoms. The number of anilines is 1. The maximum Gasteiger partial charge on any atom is 0.276 e. The monoisotopic (exact) mass is 298 g/mol. The molecule has 2 heterocycles. The molecule has 6 heteroatoms. The number of hydrogen-bond donors (Lipinski definition) is 4. The molecule has 2 aromatic heterocycles. The predicted octanol–water partition coefficient (Wildman–Crippen LogP) is 1.57. The molecule has 1 atom stereocenters. The Balaban J connectivity index is 2.21. The number of H-pyrrole nitrogens is 2. The maximum absolute atomic E-state index is 11.9. The van der Waals surface area contributed by atoms with Gasteiger partial charge in [-0.3, -0.25) is 9.78 Å². The van der Waals surface area contributed by atoms with Crippen molar-refractivity contribution in [1.29, 1.82) is 0 Å². The van der Waals surface area contributed by atoms with Crippen LogP contribution in [0.4, 0.5) is 5.95 Å². The molecular formula is C16H18N4O2. The van der Waals surface area contributed by atoms with Gasteiger partial charge in [-0.1, -0.05) is 23.8 Å². The lowest BCUT2D eigenvalue weighted by Crippen LogP contribution is -2.12. The Kier molecular flexibility index (Phi) is 3.46. The predicted molar refractivity (Wildman–Crippen MR) is 86.0 cm³/mol. The van der Waals surface area contributed by atoms with E-state index in [4.69, 9.17) is 5.73 Å². The molecule has 1 unspecified atom stereocenters. The highest BCUT2D eigenvalue weighted by molar-refractivity contribution is 5.80. The highest BCUT2D eigenvalue weighted by atomic mass is 16.3. The first kappa shape index (κ1) is 14.3. The van der Waals surface area contributed by atoms with Crippen LogP contribution in [0.25, 0.3) is 11.0 Å². The summed E-state index contributed by atoms with van der Waals surface area (Å²) < 4.78 is 0. The van der Waals surface area contributed by atoms with E-state index in [1.54, 1.807) is 6.20 Å². The molecule has 0 aliphatic rings. The SMILES string of the molecule is Cc1ccc(C(CO)c2c[nH]c3c(=O)[nH]c(N)nc23)c(C)c1. The third kappa shape index (κ3) is 2.27. The third-order valence-corrected chi connectivity index (χ3v) is 3.94. The number of aromatic amines is 2. The van der Waals surface area contributed by atoms with Gasteiger partial charge in [0.1, 0.15) is 11.0 Å². The smallest absolute Gasteiger partial charge is 0.276 e. The van der Waals surface area contributed by atoms with Gasteiger partial charge in [-0.15, -0.1) is 0 Å². The zero-order valence-electron chi connectivity index (χ0n) is 12.5. The number of nitrogens with two attached hydrogens (primary N) is 1. The quantitative estimate of drug-likeness (QED) is 0.588. The minimum absolute atomic E-state index is 0.0654. The molecular weight excluding hydrogens is 280 g/mol. The van der Waals surface area contributed by atoms with Gasteiger partial charge in [0.15, 0.2) is 0 Å². The lowest BCUT2D eigenvalue weighted by atomic mass is 9.89. The van der Waals surface area contributed by atoms with Crippen LogP contribution in [0.5, 0.6) is 0 Å². The molecule has 0 saturated heterocycles. The van der Waals surface area contributed by atoms with Gasteiger partial charge in [0.05, 0.1) is 6.61 Å². The van der Waals surface area contributed by atoms with Crippen LogP contribution in [-0.4, -0.2) is 26.7 Å². The molecule has 0 aliphatic heterocycles. The minimum Gasteiger partial charge on any atom is -0.395 e. The Hall–Kier alpha value is -2.60. The van der Waals surface area contributed by atoms with Crippen molar-refractivity contribution >= 4 is 17.0 Å². The fourth-order valence-electron chi connectivity index (χ4n) is 2.90. The molecule has 114 valence electrons. The summed E-state index contributed by atoms with van der Waals surface area (Å²) >= 11 is 0. The summed E-state index contributed by atoms with van der Waals surface area (Å²) in [6.07, 6.45) is 1.71. The van der Waals surface area contributed by atoms with E-state index in [0.717, 1.165) is 22.3 Å². The summed E-state index contributed by atoms with van der Waals surface area (Å²) in [5.41, 5.74) is 10.2. The highest BCUT2D eigenvalue weighted by Gasteiger charge is 2.21. The van der Waals surface area contributed by atoms with E-state index in [1.807, 2.05) is 26.0 Å². The van der Waals surface area contributed by atoms with E-state index in [1.165, 1.54) is 0 Å². The van der Waals surface area contributed by atoms with Crippen LogP contribution in [0.2, 0.25) is 0 Å². The van der Waals surface area contributed by atoms with Crippen molar-refractivity contribution in [2.24, 2.45) is 0 Å². The van der Waals surface area contributed by atoms with Gasteiger partial charge in [0.2, 0.25) is 5.95 Å². The van der Waals surface area contributed by atoms with Crippen molar-refractivity contribution in [3.8, 4) is 0 Å². The lowest BCUT2D eigenvalue weighted by Gasteiger charge is -2.17. The van der Waals surface area contributed by atoms with E-state index < -0.39 is 0 Å².